The van der Waals surface area contributed by atoms with Gasteiger partial charge >= 0.3 is 0 Å². The minimum absolute atomic E-state index is 0.0626. The van der Waals surface area contributed by atoms with E-state index >= 15 is 0 Å². The van der Waals surface area contributed by atoms with Gasteiger partial charge in [-0.05, 0) is 39.0 Å². The standard InChI is InChI=1S/C12H24O2/c1-4-7-12(2,3)14-10-11-5-8-13-9-6-11/h11H,4-10H2,1-3H3. The number of hydrogen-bond donors (Lipinski definition) is 0. The zero-order valence-electron chi connectivity index (χ0n) is 9.84. The SMILES string of the molecule is CCCC(C)(C)OCC1CCOCC1. The van der Waals surface area contributed by atoms with Gasteiger partial charge in [0.05, 0.1) is 12.2 Å². The summed E-state index contributed by atoms with van der Waals surface area (Å²) >= 11 is 0. The first kappa shape index (κ1) is 12.0. The Hall–Kier alpha value is -0.0800. The van der Waals surface area contributed by atoms with Crippen molar-refractivity contribution in [1.82, 2.24) is 0 Å². The smallest absolute Gasteiger partial charge is 0.0626 e. The normalized spacial score (nSPS) is 19.9. The summed E-state index contributed by atoms with van der Waals surface area (Å²) in [5.41, 5.74) is 0.0626. The van der Waals surface area contributed by atoms with Crippen LogP contribution in [0.2, 0.25) is 0 Å². The predicted molar refractivity (Wildman–Crippen MR) is 58.5 cm³/mol. The van der Waals surface area contributed by atoms with Crippen molar-refractivity contribution in [3.63, 3.8) is 0 Å². The number of hydrogen-bond acceptors (Lipinski definition) is 2. The van der Waals surface area contributed by atoms with Crippen LogP contribution < -0.4 is 0 Å². The molecule has 0 N–H and O–H groups in total. The van der Waals surface area contributed by atoms with Crippen molar-refractivity contribution in [3.8, 4) is 0 Å². The van der Waals surface area contributed by atoms with Crippen molar-refractivity contribution in [1.29, 1.82) is 0 Å². The molecule has 0 spiro atoms. The Morgan fingerprint density at radius 1 is 1.29 bits per heavy atom. The second-order valence-electron chi connectivity index (χ2n) is 4.88. The van der Waals surface area contributed by atoms with E-state index < -0.39 is 0 Å². The van der Waals surface area contributed by atoms with Crippen LogP contribution in [0.1, 0.15) is 46.5 Å². The Morgan fingerprint density at radius 3 is 2.50 bits per heavy atom. The van der Waals surface area contributed by atoms with Gasteiger partial charge in [-0.2, -0.15) is 0 Å². The van der Waals surface area contributed by atoms with E-state index in [0.29, 0.717) is 0 Å². The molecule has 1 heterocycles. The molecule has 84 valence electrons. The molecule has 1 fully saturated rings. The summed E-state index contributed by atoms with van der Waals surface area (Å²) in [5, 5.41) is 0. The van der Waals surface area contributed by atoms with Crippen molar-refractivity contribution < 1.29 is 9.47 Å². The van der Waals surface area contributed by atoms with E-state index in [4.69, 9.17) is 9.47 Å². The van der Waals surface area contributed by atoms with Crippen LogP contribution >= 0.6 is 0 Å². The fourth-order valence-electron chi connectivity index (χ4n) is 1.93. The minimum atomic E-state index is 0.0626. The predicted octanol–water partition coefficient (Wildman–Crippen LogP) is 3.01. The van der Waals surface area contributed by atoms with Crippen molar-refractivity contribution in [2.75, 3.05) is 19.8 Å². The molecule has 0 unspecified atom stereocenters. The first-order valence-electron chi connectivity index (χ1n) is 5.86. The Morgan fingerprint density at radius 2 is 1.93 bits per heavy atom. The maximum Gasteiger partial charge on any atom is 0.0626 e. The third-order valence-electron chi connectivity index (χ3n) is 2.90. The number of rotatable bonds is 5. The van der Waals surface area contributed by atoms with Crippen molar-refractivity contribution in [2.45, 2.75) is 52.1 Å². The molecule has 14 heavy (non-hydrogen) atoms. The van der Waals surface area contributed by atoms with Crippen LogP contribution in [0.4, 0.5) is 0 Å². The fourth-order valence-corrected chi connectivity index (χ4v) is 1.93. The van der Waals surface area contributed by atoms with Gasteiger partial charge in [0.2, 0.25) is 0 Å². The van der Waals surface area contributed by atoms with Crippen molar-refractivity contribution in [2.24, 2.45) is 5.92 Å². The van der Waals surface area contributed by atoms with Crippen LogP contribution in [0.25, 0.3) is 0 Å². The molecule has 0 aromatic rings. The average molecular weight is 200 g/mol. The highest BCUT2D eigenvalue weighted by Crippen LogP contribution is 2.21. The summed E-state index contributed by atoms with van der Waals surface area (Å²) in [6, 6.07) is 0. The van der Waals surface area contributed by atoms with E-state index in [-0.39, 0.29) is 5.60 Å². The molecule has 2 nitrogen and oxygen atoms in total. The molecule has 0 amide bonds. The van der Waals surface area contributed by atoms with Gasteiger partial charge in [0.15, 0.2) is 0 Å². The first-order chi connectivity index (χ1) is 6.64. The third-order valence-corrected chi connectivity index (χ3v) is 2.90. The van der Waals surface area contributed by atoms with Crippen molar-refractivity contribution >= 4 is 0 Å². The maximum absolute atomic E-state index is 5.95. The van der Waals surface area contributed by atoms with Gasteiger partial charge in [0.25, 0.3) is 0 Å². The highest BCUT2D eigenvalue weighted by atomic mass is 16.5. The molecular weight excluding hydrogens is 176 g/mol. The lowest BCUT2D eigenvalue weighted by atomic mass is 9.99. The molecule has 2 heteroatoms. The lowest BCUT2D eigenvalue weighted by molar-refractivity contribution is -0.0594. The van der Waals surface area contributed by atoms with E-state index in [1.54, 1.807) is 0 Å². The quantitative estimate of drug-likeness (QED) is 0.679. The fraction of sp³-hybridized carbons (Fsp3) is 1.00. The zero-order valence-corrected chi connectivity index (χ0v) is 9.84. The van der Waals surface area contributed by atoms with Gasteiger partial charge < -0.3 is 9.47 Å². The second kappa shape index (κ2) is 5.72. The van der Waals surface area contributed by atoms with Crippen LogP contribution in [-0.2, 0) is 9.47 Å². The van der Waals surface area contributed by atoms with Gasteiger partial charge in [-0.15, -0.1) is 0 Å². The highest BCUT2D eigenvalue weighted by molar-refractivity contribution is 4.70. The average Bonchev–Trinajstić information content (AvgIpc) is 2.17. The summed E-state index contributed by atoms with van der Waals surface area (Å²) in [4.78, 5) is 0. The summed E-state index contributed by atoms with van der Waals surface area (Å²) < 4.78 is 11.3. The lowest BCUT2D eigenvalue weighted by Gasteiger charge is -2.29. The van der Waals surface area contributed by atoms with Crippen LogP contribution in [0.3, 0.4) is 0 Å². The molecule has 0 saturated carbocycles. The van der Waals surface area contributed by atoms with Gasteiger partial charge in [-0.25, -0.2) is 0 Å². The van der Waals surface area contributed by atoms with Gasteiger partial charge in [-0.3, -0.25) is 0 Å². The molecule has 0 aromatic heterocycles. The van der Waals surface area contributed by atoms with Gasteiger partial charge in [0, 0.05) is 13.2 Å². The molecule has 0 aromatic carbocycles. The first-order valence-corrected chi connectivity index (χ1v) is 5.86. The van der Waals surface area contributed by atoms with E-state index in [1.165, 1.54) is 19.3 Å². The highest BCUT2D eigenvalue weighted by Gasteiger charge is 2.20. The summed E-state index contributed by atoms with van der Waals surface area (Å²) in [6.07, 6.45) is 4.68. The molecule has 0 atom stereocenters. The Balaban J connectivity index is 2.17. The Kier molecular flexibility index (Phi) is 4.90. The van der Waals surface area contributed by atoms with Crippen LogP contribution in [0, 0.1) is 5.92 Å². The van der Waals surface area contributed by atoms with E-state index in [9.17, 15) is 0 Å². The Bertz CT molecular complexity index is 148. The molecule has 1 aliphatic rings. The van der Waals surface area contributed by atoms with E-state index in [2.05, 4.69) is 20.8 Å². The summed E-state index contributed by atoms with van der Waals surface area (Å²) in [5.74, 6) is 0.722. The topological polar surface area (TPSA) is 18.5 Å². The second-order valence-corrected chi connectivity index (χ2v) is 4.88. The largest absolute Gasteiger partial charge is 0.381 e. The molecule has 0 bridgehead atoms. The van der Waals surface area contributed by atoms with Gasteiger partial charge in [0.1, 0.15) is 0 Å². The minimum Gasteiger partial charge on any atom is -0.381 e. The Labute approximate surface area is 88.0 Å². The van der Waals surface area contributed by atoms with Crippen LogP contribution in [0.15, 0.2) is 0 Å². The van der Waals surface area contributed by atoms with Crippen molar-refractivity contribution in [3.05, 3.63) is 0 Å². The van der Waals surface area contributed by atoms with Gasteiger partial charge in [-0.1, -0.05) is 13.3 Å². The van der Waals surface area contributed by atoms with Crippen LogP contribution in [-0.4, -0.2) is 25.4 Å². The molecule has 1 aliphatic heterocycles. The van der Waals surface area contributed by atoms with Crippen LogP contribution in [0.5, 0.6) is 0 Å². The third kappa shape index (κ3) is 4.43. The molecule has 0 aliphatic carbocycles. The molecule has 0 radical (unpaired) electrons. The molecule has 1 saturated heterocycles. The number of ether oxygens (including phenoxy) is 2. The van der Waals surface area contributed by atoms with E-state index in [1.807, 2.05) is 0 Å². The summed E-state index contributed by atoms with van der Waals surface area (Å²) in [7, 11) is 0. The molecule has 1 rings (SSSR count). The monoisotopic (exact) mass is 200 g/mol. The van der Waals surface area contributed by atoms with E-state index in [0.717, 1.165) is 32.2 Å². The molecular formula is C12H24O2. The maximum atomic E-state index is 5.95. The summed E-state index contributed by atoms with van der Waals surface area (Å²) in [6.45, 7) is 9.34. The zero-order chi connectivity index (χ0) is 10.4. The lowest BCUT2D eigenvalue weighted by Crippen LogP contribution is -2.29.